The second-order valence-corrected chi connectivity index (χ2v) is 8.63. The summed E-state index contributed by atoms with van der Waals surface area (Å²) >= 11 is 8.36. The van der Waals surface area contributed by atoms with E-state index in [4.69, 9.17) is 0 Å². The van der Waals surface area contributed by atoms with Crippen LogP contribution in [0.25, 0.3) is 5.69 Å². The molecule has 0 bridgehead atoms. The summed E-state index contributed by atoms with van der Waals surface area (Å²) in [5, 5.41) is 0. The van der Waals surface area contributed by atoms with Crippen LogP contribution in [0.2, 0.25) is 0 Å². The number of benzene rings is 1. The maximum absolute atomic E-state index is 12.5. The molecule has 8 nitrogen and oxygen atoms in total. The maximum atomic E-state index is 12.5. The minimum absolute atomic E-state index is 0.334. The first-order valence-corrected chi connectivity index (χ1v) is 10.00. The summed E-state index contributed by atoms with van der Waals surface area (Å²) in [5.41, 5.74) is 0.829. The number of carbonyl (C=O) groups is 1. The highest BCUT2D eigenvalue weighted by atomic mass is 32.9. The summed E-state index contributed by atoms with van der Waals surface area (Å²) in [6.45, 7) is 0.373. The molecule has 2 unspecified atom stereocenters. The van der Waals surface area contributed by atoms with Gasteiger partial charge in [0.1, 0.15) is 6.04 Å². The number of amides is 1. The van der Waals surface area contributed by atoms with Crippen LogP contribution in [0.3, 0.4) is 0 Å². The number of nitrogens with zero attached hydrogens (tertiary/aromatic N) is 4. The van der Waals surface area contributed by atoms with Crippen LogP contribution in [0.4, 0.5) is 5.69 Å². The number of thiol groups is 1. The third kappa shape index (κ3) is 3.60. The van der Waals surface area contributed by atoms with Gasteiger partial charge in [0, 0.05) is 35.8 Å². The molecule has 25 heavy (non-hydrogen) atoms. The van der Waals surface area contributed by atoms with Gasteiger partial charge in [0.15, 0.2) is 0 Å². The Morgan fingerprint density at radius 3 is 2.52 bits per heavy atom. The lowest BCUT2D eigenvalue weighted by atomic mass is 10.2. The number of anilines is 1. The van der Waals surface area contributed by atoms with Crippen molar-refractivity contribution in [3.8, 4) is 5.69 Å². The molecule has 1 N–H and O–H groups in total. The Morgan fingerprint density at radius 2 is 1.92 bits per heavy atom. The molecule has 1 aliphatic heterocycles. The SMILES string of the molecule is O=C1C(N(S)S(=O)(O)=S)CCN1c1ccc(-n2cccnc2=O)cc1. The molecule has 1 amide bonds. The molecule has 11 heteroatoms. The molecular weight excluding hydrogens is 384 g/mol. The van der Waals surface area contributed by atoms with Gasteiger partial charge in [-0.25, -0.2) is 14.0 Å². The first-order valence-electron chi connectivity index (χ1n) is 7.20. The molecule has 0 saturated carbocycles. The highest BCUT2D eigenvalue weighted by Gasteiger charge is 2.39. The number of aromatic nitrogens is 2. The van der Waals surface area contributed by atoms with Crippen LogP contribution in [0.15, 0.2) is 47.5 Å². The van der Waals surface area contributed by atoms with Crippen molar-refractivity contribution >= 4 is 44.6 Å². The van der Waals surface area contributed by atoms with Gasteiger partial charge in [-0.15, -0.1) is 3.71 Å². The van der Waals surface area contributed by atoms with Crippen LogP contribution < -0.4 is 10.6 Å². The van der Waals surface area contributed by atoms with Gasteiger partial charge in [-0.1, -0.05) is 12.8 Å². The minimum Gasteiger partial charge on any atom is -0.311 e. The predicted octanol–water partition coefficient (Wildman–Crippen LogP) is 0.619. The Labute approximate surface area is 154 Å². The standard InChI is InChI=1S/C14H14N4O4S3/c19-13-12(18(23)25(21,22)24)6-9-16(13)10-2-4-11(5-3-10)17-8-1-7-15-14(17)20/h1-5,7-8,12,23H,6,9H2,(H,21,22,24). The molecule has 0 aliphatic carbocycles. The van der Waals surface area contributed by atoms with E-state index in [1.807, 2.05) is 0 Å². The zero-order chi connectivity index (χ0) is 18.2. The van der Waals surface area contributed by atoms with E-state index in [0.29, 0.717) is 24.3 Å². The smallest absolute Gasteiger partial charge is 0.311 e. The molecule has 2 heterocycles. The lowest BCUT2D eigenvalue weighted by molar-refractivity contribution is -0.119. The van der Waals surface area contributed by atoms with Crippen molar-refractivity contribution in [2.45, 2.75) is 12.5 Å². The van der Waals surface area contributed by atoms with Gasteiger partial charge in [-0.05, 0) is 36.8 Å². The van der Waals surface area contributed by atoms with E-state index in [2.05, 4.69) is 29.0 Å². The highest BCUT2D eigenvalue weighted by molar-refractivity contribution is 8.30. The minimum atomic E-state index is -3.73. The van der Waals surface area contributed by atoms with Crippen LogP contribution in [-0.2, 0) is 24.9 Å². The van der Waals surface area contributed by atoms with Crippen molar-refractivity contribution in [1.82, 2.24) is 13.3 Å². The Morgan fingerprint density at radius 1 is 1.28 bits per heavy atom. The Hall–Kier alpha value is -1.79. The van der Waals surface area contributed by atoms with E-state index in [1.165, 1.54) is 15.7 Å². The summed E-state index contributed by atoms with van der Waals surface area (Å²) in [6, 6.07) is 7.56. The van der Waals surface area contributed by atoms with Crippen molar-refractivity contribution in [3.63, 3.8) is 0 Å². The van der Waals surface area contributed by atoms with Crippen LogP contribution >= 0.6 is 12.8 Å². The molecular formula is C14H14N4O4S3. The van der Waals surface area contributed by atoms with Crippen LogP contribution in [0, 0.1) is 0 Å². The molecule has 1 aliphatic rings. The fraction of sp³-hybridized carbons (Fsp3) is 0.214. The molecule has 0 spiro atoms. The fourth-order valence-corrected chi connectivity index (χ4v) is 3.68. The van der Waals surface area contributed by atoms with E-state index >= 15 is 0 Å². The lowest BCUT2D eigenvalue weighted by Gasteiger charge is -2.21. The van der Waals surface area contributed by atoms with Crippen LogP contribution in [-0.4, -0.2) is 40.5 Å². The maximum Gasteiger partial charge on any atom is 0.352 e. The second-order valence-electron chi connectivity index (χ2n) is 5.33. The monoisotopic (exact) mass is 398 g/mol. The van der Waals surface area contributed by atoms with Gasteiger partial charge < -0.3 is 4.90 Å². The normalized spacial score (nSPS) is 20.0. The summed E-state index contributed by atoms with van der Waals surface area (Å²) < 4.78 is 23.0. The third-order valence-electron chi connectivity index (χ3n) is 3.83. The van der Waals surface area contributed by atoms with Gasteiger partial charge in [0.05, 0.1) is 5.69 Å². The van der Waals surface area contributed by atoms with Crippen LogP contribution in [0.5, 0.6) is 0 Å². The summed E-state index contributed by atoms with van der Waals surface area (Å²) in [7, 11) is -3.73. The van der Waals surface area contributed by atoms with E-state index < -0.39 is 20.7 Å². The van der Waals surface area contributed by atoms with Gasteiger partial charge in [-0.3, -0.25) is 13.9 Å². The number of carbonyl (C=O) groups excluding carboxylic acids is 1. The topological polar surface area (TPSA) is 95.7 Å². The van der Waals surface area contributed by atoms with Crippen molar-refractivity contribution in [2.75, 3.05) is 11.4 Å². The molecule has 2 aromatic rings. The zero-order valence-corrected chi connectivity index (χ0v) is 15.3. The number of rotatable bonds is 4. The molecule has 0 radical (unpaired) electrons. The quantitative estimate of drug-likeness (QED) is 0.733. The van der Waals surface area contributed by atoms with Gasteiger partial charge >= 0.3 is 5.69 Å². The molecule has 2 atom stereocenters. The summed E-state index contributed by atoms with van der Waals surface area (Å²) in [5.74, 6) is -0.354. The number of hydrogen-bond donors (Lipinski definition) is 2. The van der Waals surface area contributed by atoms with Gasteiger partial charge in [0.25, 0.3) is 0 Å². The molecule has 1 aromatic carbocycles. The first-order chi connectivity index (χ1) is 11.8. The molecule has 132 valence electrons. The summed E-state index contributed by atoms with van der Waals surface area (Å²) in [4.78, 5) is 29.4. The first kappa shape index (κ1) is 18.0. The molecule has 1 saturated heterocycles. The van der Waals surface area contributed by atoms with E-state index in [0.717, 1.165) is 3.71 Å². The zero-order valence-electron chi connectivity index (χ0n) is 12.8. The Bertz CT molecular complexity index is 959. The van der Waals surface area contributed by atoms with E-state index in [1.54, 1.807) is 36.5 Å². The molecule has 1 aromatic heterocycles. The van der Waals surface area contributed by atoms with E-state index in [9.17, 15) is 18.4 Å². The molecule has 3 rings (SSSR count). The Balaban J connectivity index is 1.83. The largest absolute Gasteiger partial charge is 0.352 e. The van der Waals surface area contributed by atoms with Crippen molar-refractivity contribution < 1.29 is 13.6 Å². The van der Waals surface area contributed by atoms with Crippen molar-refractivity contribution in [3.05, 3.63) is 53.2 Å². The van der Waals surface area contributed by atoms with E-state index in [-0.39, 0.29) is 5.91 Å². The van der Waals surface area contributed by atoms with Crippen molar-refractivity contribution in [2.24, 2.45) is 0 Å². The molecule has 1 fully saturated rings. The average Bonchev–Trinajstić information content (AvgIpc) is 2.95. The van der Waals surface area contributed by atoms with Crippen molar-refractivity contribution in [1.29, 1.82) is 0 Å². The fourth-order valence-electron chi connectivity index (χ4n) is 2.63. The highest BCUT2D eigenvalue weighted by Crippen LogP contribution is 2.27. The van der Waals surface area contributed by atoms with Gasteiger partial charge in [-0.2, -0.15) is 0 Å². The Kier molecular flexibility index (Phi) is 4.93. The average molecular weight is 398 g/mol. The predicted molar refractivity (Wildman–Crippen MR) is 99.6 cm³/mol. The summed E-state index contributed by atoms with van der Waals surface area (Å²) in [6.07, 6.45) is 3.35. The number of hydrogen-bond acceptors (Lipinski definition) is 6. The second kappa shape index (κ2) is 6.84. The van der Waals surface area contributed by atoms with Gasteiger partial charge in [0.2, 0.25) is 14.9 Å². The third-order valence-corrected chi connectivity index (χ3v) is 6.32. The lowest BCUT2D eigenvalue weighted by Crippen LogP contribution is -2.39. The van der Waals surface area contributed by atoms with Crippen LogP contribution in [0.1, 0.15) is 6.42 Å².